The van der Waals surface area contributed by atoms with Gasteiger partial charge in [-0.25, -0.2) is 14.4 Å². The molecule has 0 spiro atoms. The first kappa shape index (κ1) is 22.1. The molecule has 1 unspecified atom stereocenters. The SMILES string of the molecule is CCC(Sc1ncnc2scc(-c3ccc(F)cc3)c12)C(=O)Nc1ccc(C(C)=O)cc1. The molecule has 0 bridgehead atoms. The van der Waals surface area contributed by atoms with Crippen molar-refractivity contribution in [2.45, 2.75) is 30.5 Å². The van der Waals surface area contributed by atoms with Crippen molar-refractivity contribution >= 4 is 50.7 Å². The fraction of sp³-hybridized carbons (Fsp3) is 0.167. The van der Waals surface area contributed by atoms with Crippen molar-refractivity contribution in [3.63, 3.8) is 0 Å². The van der Waals surface area contributed by atoms with Crippen LogP contribution in [0.25, 0.3) is 21.3 Å². The van der Waals surface area contributed by atoms with E-state index >= 15 is 0 Å². The van der Waals surface area contributed by atoms with E-state index in [1.54, 1.807) is 36.4 Å². The largest absolute Gasteiger partial charge is 0.325 e. The van der Waals surface area contributed by atoms with Gasteiger partial charge in [-0.3, -0.25) is 9.59 Å². The quantitative estimate of drug-likeness (QED) is 0.200. The Morgan fingerprint density at radius 2 is 1.81 bits per heavy atom. The molecule has 0 aliphatic heterocycles. The molecule has 0 aliphatic carbocycles. The van der Waals surface area contributed by atoms with E-state index in [9.17, 15) is 14.0 Å². The molecular formula is C24H20FN3O2S2. The van der Waals surface area contributed by atoms with Crippen molar-refractivity contribution in [2.75, 3.05) is 5.32 Å². The van der Waals surface area contributed by atoms with Crippen LogP contribution in [-0.4, -0.2) is 26.9 Å². The summed E-state index contributed by atoms with van der Waals surface area (Å²) in [6.07, 6.45) is 2.10. The fourth-order valence-corrected chi connectivity index (χ4v) is 5.26. The fourth-order valence-electron chi connectivity index (χ4n) is 3.25. The Morgan fingerprint density at radius 1 is 1.09 bits per heavy atom. The highest BCUT2D eigenvalue weighted by Crippen LogP contribution is 2.39. The lowest BCUT2D eigenvalue weighted by Gasteiger charge is -2.15. The first-order chi connectivity index (χ1) is 15.5. The summed E-state index contributed by atoms with van der Waals surface area (Å²) in [6, 6.07) is 13.1. The normalized spacial score (nSPS) is 12.0. The number of thiophene rings is 1. The van der Waals surface area contributed by atoms with Crippen LogP contribution in [0, 0.1) is 5.82 Å². The lowest BCUT2D eigenvalue weighted by atomic mass is 10.1. The molecule has 0 fully saturated rings. The summed E-state index contributed by atoms with van der Waals surface area (Å²) in [6.45, 7) is 3.45. The number of benzene rings is 2. The third kappa shape index (κ3) is 4.71. The molecule has 32 heavy (non-hydrogen) atoms. The zero-order valence-electron chi connectivity index (χ0n) is 17.5. The maximum absolute atomic E-state index is 13.4. The number of Topliss-reactive ketones (excluding diaryl/α,β-unsaturated/α-hetero) is 1. The van der Waals surface area contributed by atoms with Crippen LogP contribution >= 0.6 is 23.1 Å². The predicted octanol–water partition coefficient (Wildman–Crippen LogP) is 6.21. The number of anilines is 1. The highest BCUT2D eigenvalue weighted by atomic mass is 32.2. The Labute approximate surface area is 193 Å². The molecule has 5 nitrogen and oxygen atoms in total. The molecule has 1 atom stereocenters. The smallest absolute Gasteiger partial charge is 0.237 e. The van der Waals surface area contributed by atoms with E-state index < -0.39 is 0 Å². The van der Waals surface area contributed by atoms with Gasteiger partial charge < -0.3 is 5.32 Å². The second kappa shape index (κ2) is 9.58. The minimum absolute atomic E-state index is 0.0228. The molecule has 2 aromatic heterocycles. The topological polar surface area (TPSA) is 72.0 Å². The van der Waals surface area contributed by atoms with Crippen molar-refractivity contribution in [3.05, 3.63) is 71.6 Å². The van der Waals surface area contributed by atoms with Gasteiger partial charge in [0, 0.05) is 22.2 Å². The van der Waals surface area contributed by atoms with Gasteiger partial charge in [0.1, 0.15) is 22.0 Å². The van der Waals surface area contributed by atoms with Crippen LogP contribution in [0.5, 0.6) is 0 Å². The van der Waals surface area contributed by atoms with Crippen LogP contribution in [0.1, 0.15) is 30.6 Å². The van der Waals surface area contributed by atoms with Gasteiger partial charge in [-0.1, -0.05) is 30.8 Å². The van der Waals surface area contributed by atoms with Crippen molar-refractivity contribution in [1.82, 2.24) is 9.97 Å². The van der Waals surface area contributed by atoms with E-state index in [1.165, 1.54) is 48.5 Å². The number of hydrogen-bond acceptors (Lipinski definition) is 6. The highest BCUT2D eigenvalue weighted by molar-refractivity contribution is 8.00. The molecule has 2 aromatic carbocycles. The second-order valence-electron chi connectivity index (χ2n) is 7.15. The number of nitrogens with one attached hydrogen (secondary N) is 1. The van der Waals surface area contributed by atoms with Crippen molar-refractivity contribution in [3.8, 4) is 11.1 Å². The van der Waals surface area contributed by atoms with Gasteiger partial charge in [0.05, 0.1) is 10.6 Å². The van der Waals surface area contributed by atoms with E-state index in [1.807, 2.05) is 12.3 Å². The summed E-state index contributed by atoms with van der Waals surface area (Å²) in [5.74, 6) is -0.457. The van der Waals surface area contributed by atoms with Crippen LogP contribution in [0.4, 0.5) is 10.1 Å². The Morgan fingerprint density at radius 3 is 2.47 bits per heavy atom. The summed E-state index contributed by atoms with van der Waals surface area (Å²) in [4.78, 5) is 34.0. The van der Waals surface area contributed by atoms with Crippen LogP contribution in [0.15, 0.2) is 65.3 Å². The number of nitrogens with zero attached hydrogens (tertiary/aromatic N) is 2. The Bertz CT molecular complexity index is 1270. The van der Waals surface area contributed by atoms with Crippen LogP contribution in [0.2, 0.25) is 0 Å². The molecular weight excluding hydrogens is 445 g/mol. The average Bonchev–Trinajstić information content (AvgIpc) is 3.23. The monoisotopic (exact) mass is 465 g/mol. The van der Waals surface area contributed by atoms with E-state index in [2.05, 4.69) is 15.3 Å². The molecule has 0 saturated heterocycles. The Balaban J connectivity index is 1.59. The summed E-state index contributed by atoms with van der Waals surface area (Å²) in [5.41, 5.74) is 3.02. The molecule has 0 aliphatic rings. The molecule has 2 heterocycles. The number of hydrogen-bond donors (Lipinski definition) is 1. The molecule has 4 aromatic rings. The molecule has 1 amide bonds. The number of rotatable bonds is 7. The molecule has 0 saturated carbocycles. The third-order valence-electron chi connectivity index (χ3n) is 4.97. The minimum Gasteiger partial charge on any atom is -0.325 e. The van der Waals surface area contributed by atoms with E-state index in [0.717, 1.165) is 21.3 Å². The Hall–Kier alpha value is -3.10. The number of ketones is 1. The number of aromatic nitrogens is 2. The van der Waals surface area contributed by atoms with Gasteiger partial charge in [0.2, 0.25) is 5.91 Å². The first-order valence-electron chi connectivity index (χ1n) is 10.0. The van der Waals surface area contributed by atoms with E-state index in [4.69, 9.17) is 0 Å². The third-order valence-corrected chi connectivity index (χ3v) is 7.22. The number of halogens is 1. The van der Waals surface area contributed by atoms with E-state index in [0.29, 0.717) is 22.7 Å². The van der Waals surface area contributed by atoms with Crippen molar-refractivity contribution < 1.29 is 14.0 Å². The van der Waals surface area contributed by atoms with E-state index in [-0.39, 0.29) is 22.8 Å². The van der Waals surface area contributed by atoms with Crippen LogP contribution in [-0.2, 0) is 4.79 Å². The van der Waals surface area contributed by atoms with Gasteiger partial charge in [-0.15, -0.1) is 11.3 Å². The van der Waals surface area contributed by atoms with Gasteiger partial charge in [-0.05, 0) is 55.3 Å². The zero-order valence-corrected chi connectivity index (χ0v) is 19.1. The minimum atomic E-state index is -0.374. The van der Waals surface area contributed by atoms with Crippen LogP contribution < -0.4 is 5.32 Å². The number of carbonyl (C=O) groups excluding carboxylic acids is 2. The molecule has 1 N–H and O–H groups in total. The van der Waals surface area contributed by atoms with Gasteiger partial charge >= 0.3 is 0 Å². The van der Waals surface area contributed by atoms with Crippen LogP contribution in [0.3, 0.4) is 0 Å². The number of carbonyl (C=O) groups is 2. The Kier molecular flexibility index (Phi) is 6.62. The molecule has 8 heteroatoms. The van der Waals surface area contributed by atoms with Crippen molar-refractivity contribution in [1.29, 1.82) is 0 Å². The number of thioether (sulfide) groups is 1. The highest BCUT2D eigenvalue weighted by Gasteiger charge is 2.22. The lowest BCUT2D eigenvalue weighted by Crippen LogP contribution is -2.24. The maximum Gasteiger partial charge on any atom is 0.237 e. The summed E-state index contributed by atoms with van der Waals surface area (Å²) in [7, 11) is 0. The summed E-state index contributed by atoms with van der Waals surface area (Å²) >= 11 is 2.88. The van der Waals surface area contributed by atoms with Crippen molar-refractivity contribution in [2.24, 2.45) is 0 Å². The molecule has 0 radical (unpaired) electrons. The lowest BCUT2D eigenvalue weighted by molar-refractivity contribution is -0.115. The average molecular weight is 466 g/mol. The first-order valence-corrected chi connectivity index (χ1v) is 11.8. The summed E-state index contributed by atoms with van der Waals surface area (Å²) < 4.78 is 13.4. The zero-order chi connectivity index (χ0) is 22.7. The number of amides is 1. The predicted molar refractivity (Wildman–Crippen MR) is 128 cm³/mol. The van der Waals surface area contributed by atoms with Gasteiger partial charge in [0.15, 0.2) is 5.78 Å². The summed E-state index contributed by atoms with van der Waals surface area (Å²) in [5, 5.41) is 6.11. The second-order valence-corrected chi connectivity index (χ2v) is 9.20. The van der Waals surface area contributed by atoms with Gasteiger partial charge in [-0.2, -0.15) is 0 Å². The number of fused-ring (bicyclic) bond motifs is 1. The standard InChI is InChI=1S/C24H20FN3O2S2/c1-3-20(22(30)28-18-10-6-15(7-11-18)14(2)29)32-24-21-19(12-31-23(21)26-13-27-24)16-4-8-17(25)9-5-16/h4-13,20H,3H2,1-2H3,(H,28,30). The molecule has 4 rings (SSSR count). The van der Waals surface area contributed by atoms with Gasteiger partial charge in [0.25, 0.3) is 0 Å². The molecule has 162 valence electrons. The maximum atomic E-state index is 13.4.